The average Bonchev–Trinajstić information content (AvgIpc) is 3.32. The molecule has 2 amide bonds. The molecule has 4 rings (SSSR count). The van der Waals surface area contributed by atoms with Crippen molar-refractivity contribution >= 4 is 27.4 Å². The number of pyridine rings is 2. The fourth-order valence-electron chi connectivity index (χ4n) is 3.31. The normalized spacial score (nSPS) is 11.7. The highest BCUT2D eigenvalue weighted by Gasteiger charge is 2.20. The minimum atomic E-state index is -3.87. The Bertz CT molecular complexity index is 1490. The van der Waals surface area contributed by atoms with Crippen LogP contribution in [0.4, 0.5) is 16.2 Å². The van der Waals surface area contributed by atoms with E-state index in [0.29, 0.717) is 22.9 Å². The number of nitrogens with zero attached hydrogens (tertiary/aromatic N) is 4. The number of nitrogens with two attached hydrogens (primary N) is 1. The van der Waals surface area contributed by atoms with Gasteiger partial charge in [0.15, 0.2) is 5.82 Å². The second-order valence-electron chi connectivity index (χ2n) is 8.85. The van der Waals surface area contributed by atoms with Crippen molar-refractivity contribution in [1.29, 1.82) is 0 Å². The summed E-state index contributed by atoms with van der Waals surface area (Å²) in [5.41, 5.74) is 1.65. The van der Waals surface area contributed by atoms with E-state index in [4.69, 9.17) is 9.88 Å². The van der Waals surface area contributed by atoms with Crippen molar-refractivity contribution in [2.75, 3.05) is 10.6 Å². The number of nitrogens with one attached hydrogen (secondary N) is 2. The predicted octanol–water partition coefficient (Wildman–Crippen LogP) is 4.04. The average molecular weight is 508 g/mol. The lowest BCUT2D eigenvalue weighted by Crippen LogP contribution is -2.20. The highest BCUT2D eigenvalue weighted by atomic mass is 32.2. The highest BCUT2D eigenvalue weighted by Crippen LogP contribution is 2.35. The Hall–Kier alpha value is -4.29. The molecule has 0 saturated heterocycles. The monoisotopic (exact) mass is 507 g/mol. The summed E-state index contributed by atoms with van der Waals surface area (Å²) in [4.78, 5) is 21.0. The maximum absolute atomic E-state index is 12.6. The van der Waals surface area contributed by atoms with Crippen LogP contribution in [-0.2, 0) is 15.4 Å². The molecule has 0 unspecified atom stereocenters. The molecule has 0 fully saturated rings. The topological polar surface area (TPSA) is 154 Å². The van der Waals surface area contributed by atoms with Crippen LogP contribution >= 0.6 is 0 Å². The van der Waals surface area contributed by atoms with E-state index in [2.05, 4.69) is 46.5 Å². The number of amides is 2. The number of primary sulfonamides is 1. The SMILES string of the molecule is CC(C)(C)c1ccccc1Oc1ncccc1NC(=O)Nc1ccc(-n2cc(S(N)(=O)=O)cn2)nc1. The molecule has 4 aromatic rings. The van der Waals surface area contributed by atoms with Crippen molar-refractivity contribution in [3.63, 3.8) is 0 Å². The number of hydrogen-bond acceptors (Lipinski definition) is 7. The van der Waals surface area contributed by atoms with Gasteiger partial charge in [-0.1, -0.05) is 39.0 Å². The van der Waals surface area contributed by atoms with Gasteiger partial charge in [-0.3, -0.25) is 0 Å². The van der Waals surface area contributed by atoms with E-state index < -0.39 is 16.1 Å². The fourth-order valence-corrected chi connectivity index (χ4v) is 3.75. The summed E-state index contributed by atoms with van der Waals surface area (Å²) in [6, 6.07) is 13.7. The van der Waals surface area contributed by atoms with E-state index in [1.165, 1.54) is 17.1 Å². The van der Waals surface area contributed by atoms with Crippen molar-refractivity contribution in [3.8, 4) is 17.4 Å². The van der Waals surface area contributed by atoms with Crippen LogP contribution in [0, 0.1) is 0 Å². The molecule has 3 aromatic heterocycles. The van der Waals surface area contributed by atoms with Crippen LogP contribution in [0.1, 0.15) is 26.3 Å². The molecule has 0 aliphatic heterocycles. The van der Waals surface area contributed by atoms with Crippen molar-refractivity contribution in [3.05, 3.63) is 78.9 Å². The summed E-state index contributed by atoms with van der Waals surface area (Å²) in [5.74, 6) is 1.25. The quantitative estimate of drug-likeness (QED) is 0.356. The second-order valence-corrected chi connectivity index (χ2v) is 10.4. The first-order chi connectivity index (χ1) is 17.0. The minimum absolute atomic E-state index is 0.134. The number of carbonyl (C=O) groups is 1. The van der Waals surface area contributed by atoms with E-state index in [0.717, 1.165) is 11.8 Å². The molecular weight excluding hydrogens is 482 g/mol. The molecule has 36 heavy (non-hydrogen) atoms. The van der Waals surface area contributed by atoms with Crippen molar-refractivity contribution < 1.29 is 17.9 Å². The fraction of sp³-hybridized carbons (Fsp3) is 0.167. The van der Waals surface area contributed by atoms with Crippen LogP contribution in [0.3, 0.4) is 0 Å². The number of rotatable bonds is 6. The number of ether oxygens (including phenoxy) is 1. The number of hydrogen-bond donors (Lipinski definition) is 3. The maximum Gasteiger partial charge on any atom is 0.323 e. The van der Waals surface area contributed by atoms with Gasteiger partial charge in [0.25, 0.3) is 0 Å². The number of carbonyl (C=O) groups excluding carboxylic acids is 1. The number of sulfonamides is 1. The van der Waals surface area contributed by atoms with E-state index in [1.54, 1.807) is 30.5 Å². The van der Waals surface area contributed by atoms with Crippen LogP contribution in [0.2, 0.25) is 0 Å². The molecule has 0 aliphatic rings. The molecule has 3 heterocycles. The highest BCUT2D eigenvalue weighted by molar-refractivity contribution is 7.89. The van der Waals surface area contributed by atoms with Gasteiger partial charge in [-0.25, -0.2) is 33.0 Å². The van der Waals surface area contributed by atoms with Gasteiger partial charge in [-0.2, -0.15) is 5.10 Å². The Morgan fingerprint density at radius 3 is 2.44 bits per heavy atom. The first-order valence-electron chi connectivity index (χ1n) is 10.8. The van der Waals surface area contributed by atoms with E-state index in [9.17, 15) is 13.2 Å². The third kappa shape index (κ3) is 5.85. The van der Waals surface area contributed by atoms with Gasteiger partial charge in [-0.15, -0.1) is 0 Å². The van der Waals surface area contributed by atoms with Gasteiger partial charge in [0.1, 0.15) is 16.3 Å². The van der Waals surface area contributed by atoms with Crippen molar-refractivity contribution in [2.45, 2.75) is 31.1 Å². The van der Waals surface area contributed by atoms with Crippen LogP contribution in [0.5, 0.6) is 11.6 Å². The summed E-state index contributed by atoms with van der Waals surface area (Å²) >= 11 is 0. The predicted molar refractivity (Wildman–Crippen MR) is 135 cm³/mol. The summed E-state index contributed by atoms with van der Waals surface area (Å²) in [5, 5.41) is 14.5. The number of urea groups is 1. The van der Waals surface area contributed by atoms with E-state index in [1.807, 2.05) is 24.3 Å². The Labute approximate surface area is 208 Å². The minimum Gasteiger partial charge on any atom is -0.437 e. The van der Waals surface area contributed by atoms with Gasteiger partial charge in [0.05, 0.1) is 24.3 Å². The maximum atomic E-state index is 12.6. The summed E-state index contributed by atoms with van der Waals surface area (Å²) in [6.45, 7) is 6.26. The van der Waals surface area contributed by atoms with Crippen LogP contribution in [-0.4, -0.2) is 34.2 Å². The molecule has 0 bridgehead atoms. The molecule has 186 valence electrons. The van der Waals surface area contributed by atoms with Crippen LogP contribution in [0.15, 0.2) is 78.2 Å². The lowest BCUT2D eigenvalue weighted by atomic mass is 9.86. The Morgan fingerprint density at radius 1 is 1.00 bits per heavy atom. The smallest absolute Gasteiger partial charge is 0.323 e. The van der Waals surface area contributed by atoms with E-state index in [-0.39, 0.29) is 16.2 Å². The molecule has 0 aliphatic carbocycles. The zero-order chi connectivity index (χ0) is 25.9. The Morgan fingerprint density at radius 2 is 1.78 bits per heavy atom. The van der Waals surface area contributed by atoms with Gasteiger partial charge < -0.3 is 15.4 Å². The van der Waals surface area contributed by atoms with E-state index >= 15 is 0 Å². The van der Waals surface area contributed by atoms with Gasteiger partial charge in [-0.05, 0) is 35.7 Å². The molecule has 0 radical (unpaired) electrons. The number of benzene rings is 1. The molecule has 4 N–H and O–H groups in total. The molecule has 1 aromatic carbocycles. The number of aromatic nitrogens is 4. The third-order valence-corrected chi connectivity index (χ3v) is 5.92. The lowest BCUT2D eigenvalue weighted by Gasteiger charge is -2.22. The molecule has 0 atom stereocenters. The number of para-hydroxylation sites is 1. The standard InChI is InChI=1S/C24H25N7O4S/c1-24(2,3)18-7-4-5-9-20(18)35-22-19(8-6-12-26-22)30-23(32)29-16-10-11-21(27-13-16)31-15-17(14-28-31)36(25,33)34/h4-15H,1-3H3,(H2,25,33,34)(H2,29,30,32). The first-order valence-corrected chi connectivity index (χ1v) is 12.4. The van der Waals surface area contributed by atoms with Crippen molar-refractivity contribution in [2.24, 2.45) is 5.14 Å². The van der Waals surface area contributed by atoms with Gasteiger partial charge in [0, 0.05) is 11.8 Å². The van der Waals surface area contributed by atoms with Gasteiger partial charge in [0.2, 0.25) is 15.9 Å². The molecule has 0 spiro atoms. The molecule has 0 saturated carbocycles. The molecule has 12 heteroatoms. The largest absolute Gasteiger partial charge is 0.437 e. The molecular formula is C24H25N7O4S. The Balaban J connectivity index is 1.46. The zero-order valence-corrected chi connectivity index (χ0v) is 20.7. The van der Waals surface area contributed by atoms with Gasteiger partial charge >= 0.3 is 6.03 Å². The molecule has 11 nitrogen and oxygen atoms in total. The summed E-state index contributed by atoms with van der Waals surface area (Å²) < 4.78 is 30.2. The summed E-state index contributed by atoms with van der Waals surface area (Å²) in [6.07, 6.45) is 5.37. The van der Waals surface area contributed by atoms with Crippen molar-refractivity contribution in [1.82, 2.24) is 19.7 Å². The van der Waals surface area contributed by atoms with Crippen LogP contribution in [0.25, 0.3) is 5.82 Å². The second kappa shape index (κ2) is 9.76. The Kier molecular flexibility index (Phi) is 6.73. The zero-order valence-electron chi connectivity index (χ0n) is 19.8. The van der Waals surface area contributed by atoms with Crippen LogP contribution < -0.4 is 20.5 Å². The first kappa shape index (κ1) is 24.8. The third-order valence-electron chi connectivity index (χ3n) is 5.05. The lowest BCUT2D eigenvalue weighted by molar-refractivity contribution is 0.262. The summed E-state index contributed by atoms with van der Waals surface area (Å²) in [7, 11) is -3.87. The number of anilines is 2.